The number of anilines is 1. The minimum atomic E-state index is -4.21. The molecule has 1 aliphatic heterocycles. The summed E-state index contributed by atoms with van der Waals surface area (Å²) in [6.45, 7) is 4.41. The van der Waals surface area contributed by atoms with Crippen LogP contribution < -0.4 is 10.6 Å². The lowest BCUT2D eigenvalue weighted by atomic mass is 9.93. The molecule has 0 radical (unpaired) electrons. The van der Waals surface area contributed by atoms with Crippen molar-refractivity contribution in [1.82, 2.24) is 24.8 Å². The van der Waals surface area contributed by atoms with Crippen LogP contribution in [0.2, 0.25) is 0 Å². The van der Waals surface area contributed by atoms with Crippen LogP contribution in [0.1, 0.15) is 43.7 Å². The Morgan fingerprint density at radius 3 is 2.60 bits per heavy atom. The van der Waals surface area contributed by atoms with E-state index in [0.29, 0.717) is 0 Å². The molecule has 0 aromatic carbocycles. The van der Waals surface area contributed by atoms with E-state index in [0.717, 1.165) is 75.0 Å². The van der Waals surface area contributed by atoms with Gasteiger partial charge >= 0.3 is 6.18 Å². The van der Waals surface area contributed by atoms with E-state index in [-0.39, 0.29) is 24.6 Å². The first-order valence-electron chi connectivity index (χ1n) is 10.7. The van der Waals surface area contributed by atoms with Gasteiger partial charge in [-0.05, 0) is 31.2 Å². The van der Waals surface area contributed by atoms with Crippen molar-refractivity contribution in [2.24, 2.45) is 0 Å². The molecule has 2 fully saturated rings. The van der Waals surface area contributed by atoms with Crippen LogP contribution in [0, 0.1) is 0 Å². The summed E-state index contributed by atoms with van der Waals surface area (Å²) in [5, 5.41) is 16.9. The third kappa shape index (κ3) is 5.22. The van der Waals surface area contributed by atoms with Gasteiger partial charge in [-0.3, -0.25) is 4.90 Å². The first-order chi connectivity index (χ1) is 14.4. The van der Waals surface area contributed by atoms with Crippen molar-refractivity contribution < 1.29 is 18.3 Å². The zero-order chi connectivity index (χ0) is 21.1. The van der Waals surface area contributed by atoms with Crippen molar-refractivity contribution in [3.63, 3.8) is 0 Å². The lowest BCUT2D eigenvalue weighted by Crippen LogP contribution is -2.42. The number of aliphatic hydroxyl groups excluding tert-OH is 1. The highest BCUT2D eigenvalue weighted by molar-refractivity contribution is 5.80. The van der Waals surface area contributed by atoms with Gasteiger partial charge in [0.15, 0.2) is 0 Å². The van der Waals surface area contributed by atoms with Crippen molar-refractivity contribution in [1.29, 1.82) is 0 Å². The molecule has 2 aromatic rings. The van der Waals surface area contributed by atoms with E-state index in [1.165, 1.54) is 0 Å². The lowest BCUT2D eigenvalue weighted by Gasteiger charge is -2.27. The van der Waals surface area contributed by atoms with Crippen molar-refractivity contribution in [2.45, 2.75) is 57.0 Å². The highest BCUT2D eigenvalue weighted by atomic mass is 19.4. The maximum atomic E-state index is 12.5. The Labute approximate surface area is 173 Å². The molecular formula is C20H29F3N6O. The van der Waals surface area contributed by atoms with E-state index in [4.69, 9.17) is 0 Å². The van der Waals surface area contributed by atoms with Gasteiger partial charge in [0.25, 0.3) is 0 Å². The predicted molar refractivity (Wildman–Crippen MR) is 108 cm³/mol. The normalized spacial score (nSPS) is 23.7. The number of hydrogen-bond acceptors (Lipinski definition) is 6. The highest BCUT2D eigenvalue weighted by Crippen LogP contribution is 2.33. The van der Waals surface area contributed by atoms with Gasteiger partial charge in [-0.15, -0.1) is 0 Å². The number of fused-ring (bicyclic) bond motifs is 1. The van der Waals surface area contributed by atoms with Crippen molar-refractivity contribution in [3.05, 3.63) is 18.0 Å². The summed E-state index contributed by atoms with van der Waals surface area (Å²) >= 11 is 0. The van der Waals surface area contributed by atoms with Crippen LogP contribution in [0.15, 0.2) is 12.4 Å². The fraction of sp³-hybridized carbons (Fsp3) is 0.700. The summed E-state index contributed by atoms with van der Waals surface area (Å²) < 4.78 is 39.5. The minimum Gasteiger partial charge on any atom is -0.393 e. The molecule has 1 saturated carbocycles. The predicted octanol–water partition coefficient (Wildman–Crippen LogP) is 2.68. The van der Waals surface area contributed by atoms with Crippen LogP contribution in [0.3, 0.4) is 0 Å². The standard InChI is InChI=1S/C20H29F3N6O/c21-20(22,23)5-6-25-19-26-11-17-14(12-28-9-7-24-8-10-28)13-29(18(17)27-19)15-1-3-16(30)4-2-15/h11,13,15-16,24,30H,1-10,12H2,(H,25,26,27). The number of nitrogens with one attached hydrogen (secondary N) is 2. The number of aromatic nitrogens is 3. The van der Waals surface area contributed by atoms with Gasteiger partial charge in [-0.1, -0.05) is 0 Å². The van der Waals surface area contributed by atoms with Gasteiger partial charge < -0.3 is 20.3 Å². The average molecular weight is 426 g/mol. The molecule has 3 heterocycles. The zero-order valence-electron chi connectivity index (χ0n) is 17.0. The first-order valence-corrected chi connectivity index (χ1v) is 10.7. The summed E-state index contributed by atoms with van der Waals surface area (Å²) in [7, 11) is 0. The van der Waals surface area contributed by atoms with E-state index in [2.05, 4.69) is 36.3 Å². The lowest BCUT2D eigenvalue weighted by molar-refractivity contribution is -0.131. The van der Waals surface area contributed by atoms with Crippen LogP contribution in [0.5, 0.6) is 0 Å². The number of piperazine rings is 1. The van der Waals surface area contributed by atoms with Crippen molar-refractivity contribution in [3.8, 4) is 0 Å². The molecule has 0 atom stereocenters. The highest BCUT2D eigenvalue weighted by Gasteiger charge is 2.27. The Kier molecular flexibility index (Phi) is 6.45. The van der Waals surface area contributed by atoms with E-state index in [1.807, 2.05) is 0 Å². The third-order valence-electron chi connectivity index (χ3n) is 6.01. The maximum absolute atomic E-state index is 12.5. The quantitative estimate of drug-likeness (QED) is 0.659. The van der Waals surface area contributed by atoms with Crippen LogP contribution in [-0.4, -0.2) is 69.5 Å². The summed E-state index contributed by atoms with van der Waals surface area (Å²) in [6, 6.07) is 0.227. The monoisotopic (exact) mass is 426 g/mol. The number of nitrogens with zero attached hydrogens (tertiary/aromatic N) is 4. The van der Waals surface area contributed by atoms with E-state index in [1.54, 1.807) is 6.20 Å². The molecule has 0 unspecified atom stereocenters. The van der Waals surface area contributed by atoms with Gasteiger partial charge in [0.2, 0.25) is 5.95 Å². The molecule has 3 N–H and O–H groups in total. The second kappa shape index (κ2) is 9.07. The summed E-state index contributed by atoms with van der Waals surface area (Å²) in [6.07, 6.45) is 1.68. The number of rotatable bonds is 6. The minimum absolute atomic E-state index is 0.218. The summed E-state index contributed by atoms with van der Waals surface area (Å²) in [4.78, 5) is 11.2. The fourth-order valence-corrected chi connectivity index (χ4v) is 4.35. The molecule has 0 amide bonds. The number of aliphatic hydroxyl groups is 1. The molecule has 2 aliphatic rings. The van der Waals surface area contributed by atoms with E-state index in [9.17, 15) is 18.3 Å². The molecule has 4 rings (SSSR count). The van der Waals surface area contributed by atoms with Crippen molar-refractivity contribution >= 4 is 17.0 Å². The molecule has 30 heavy (non-hydrogen) atoms. The number of hydrogen-bond donors (Lipinski definition) is 3. The molecule has 1 aliphatic carbocycles. The van der Waals surface area contributed by atoms with Crippen LogP contribution in [0.25, 0.3) is 11.0 Å². The van der Waals surface area contributed by atoms with Crippen LogP contribution in [-0.2, 0) is 6.54 Å². The Bertz CT molecular complexity index is 841. The van der Waals surface area contributed by atoms with E-state index >= 15 is 0 Å². The number of halogens is 3. The van der Waals surface area contributed by atoms with Crippen LogP contribution in [0.4, 0.5) is 19.1 Å². The van der Waals surface area contributed by atoms with Crippen molar-refractivity contribution in [2.75, 3.05) is 38.0 Å². The van der Waals surface area contributed by atoms with Gasteiger partial charge in [0.1, 0.15) is 5.65 Å². The Morgan fingerprint density at radius 2 is 1.90 bits per heavy atom. The van der Waals surface area contributed by atoms with Gasteiger partial charge in [-0.2, -0.15) is 18.2 Å². The molecular weight excluding hydrogens is 397 g/mol. The smallest absolute Gasteiger partial charge is 0.390 e. The molecule has 1 saturated heterocycles. The van der Waals surface area contributed by atoms with Crippen LogP contribution >= 0.6 is 0 Å². The summed E-state index contributed by atoms with van der Waals surface area (Å²) in [5.41, 5.74) is 1.89. The van der Waals surface area contributed by atoms with Gasteiger partial charge in [0.05, 0.1) is 12.5 Å². The third-order valence-corrected chi connectivity index (χ3v) is 6.01. The second-order valence-electron chi connectivity index (χ2n) is 8.27. The van der Waals surface area contributed by atoms with Gasteiger partial charge in [0, 0.05) is 63.1 Å². The average Bonchev–Trinajstić information content (AvgIpc) is 3.06. The zero-order valence-corrected chi connectivity index (χ0v) is 17.0. The fourth-order valence-electron chi connectivity index (χ4n) is 4.35. The second-order valence-corrected chi connectivity index (χ2v) is 8.27. The molecule has 7 nitrogen and oxygen atoms in total. The van der Waals surface area contributed by atoms with E-state index < -0.39 is 12.6 Å². The summed E-state index contributed by atoms with van der Waals surface area (Å²) in [5.74, 6) is 0.218. The Morgan fingerprint density at radius 1 is 1.17 bits per heavy atom. The largest absolute Gasteiger partial charge is 0.393 e. The topological polar surface area (TPSA) is 78.2 Å². The SMILES string of the molecule is OC1CCC(n2cc(CN3CCNCC3)c3cnc(NCCC(F)(F)F)nc32)CC1. The Balaban J connectivity index is 1.59. The van der Waals surface area contributed by atoms with Gasteiger partial charge in [-0.25, -0.2) is 4.98 Å². The molecule has 166 valence electrons. The molecule has 0 bridgehead atoms. The maximum Gasteiger partial charge on any atom is 0.390 e. The molecule has 0 spiro atoms. The first kappa shape index (κ1) is 21.3. The number of alkyl halides is 3. The molecule has 10 heteroatoms. The molecule has 2 aromatic heterocycles. The Hall–Kier alpha value is -1.91.